The molecule has 0 spiro atoms. The molecule has 0 aliphatic heterocycles. The Kier molecular flexibility index (Phi) is 6.55. The standard InChI is InChI=1S/C18H29NO/c1-3-19-13-15(2)17-11-9-16(10-12-17)14-20-18-7-5-4-6-8-18/h9-12,15,18-19H,3-8,13-14H2,1-2H3. The number of hydrogen-bond donors (Lipinski definition) is 1. The lowest BCUT2D eigenvalue weighted by Crippen LogP contribution is -2.19. The Balaban J connectivity index is 1.78. The number of rotatable bonds is 7. The van der Waals surface area contributed by atoms with Gasteiger partial charge in [0.15, 0.2) is 0 Å². The van der Waals surface area contributed by atoms with Gasteiger partial charge in [-0.3, -0.25) is 0 Å². The Morgan fingerprint density at radius 2 is 1.85 bits per heavy atom. The minimum atomic E-state index is 0.496. The lowest BCUT2D eigenvalue weighted by molar-refractivity contribution is 0.0168. The van der Waals surface area contributed by atoms with Crippen molar-refractivity contribution in [2.24, 2.45) is 0 Å². The molecule has 0 heterocycles. The van der Waals surface area contributed by atoms with Crippen LogP contribution in [0.3, 0.4) is 0 Å². The van der Waals surface area contributed by atoms with E-state index in [1.807, 2.05) is 0 Å². The van der Waals surface area contributed by atoms with Gasteiger partial charge in [0, 0.05) is 6.54 Å². The third-order valence-corrected chi connectivity index (χ3v) is 4.29. The zero-order valence-electron chi connectivity index (χ0n) is 13.0. The second kappa shape index (κ2) is 8.43. The van der Waals surface area contributed by atoms with Crippen molar-refractivity contribution in [3.63, 3.8) is 0 Å². The molecule has 2 rings (SSSR count). The summed E-state index contributed by atoms with van der Waals surface area (Å²) in [6.07, 6.45) is 7.06. The summed E-state index contributed by atoms with van der Waals surface area (Å²) in [4.78, 5) is 0. The van der Waals surface area contributed by atoms with Gasteiger partial charge >= 0.3 is 0 Å². The smallest absolute Gasteiger partial charge is 0.0720 e. The summed E-state index contributed by atoms with van der Waals surface area (Å²) in [5.74, 6) is 0.572. The first-order valence-electron chi connectivity index (χ1n) is 8.20. The van der Waals surface area contributed by atoms with Gasteiger partial charge in [0.25, 0.3) is 0 Å². The molecule has 1 atom stereocenters. The van der Waals surface area contributed by atoms with E-state index in [0.717, 1.165) is 19.7 Å². The third kappa shape index (κ3) is 4.92. The van der Waals surface area contributed by atoms with Gasteiger partial charge in [-0.25, -0.2) is 0 Å². The highest BCUT2D eigenvalue weighted by molar-refractivity contribution is 5.24. The first-order valence-corrected chi connectivity index (χ1v) is 8.20. The van der Waals surface area contributed by atoms with Crippen LogP contribution in [0, 0.1) is 0 Å². The quantitative estimate of drug-likeness (QED) is 0.803. The summed E-state index contributed by atoms with van der Waals surface area (Å²) in [6.45, 7) is 7.28. The van der Waals surface area contributed by atoms with E-state index in [0.29, 0.717) is 12.0 Å². The lowest BCUT2D eigenvalue weighted by atomic mass is 9.97. The Morgan fingerprint density at radius 1 is 1.15 bits per heavy atom. The van der Waals surface area contributed by atoms with Crippen LogP contribution in [0.15, 0.2) is 24.3 Å². The molecule has 20 heavy (non-hydrogen) atoms. The predicted octanol–water partition coefficient (Wildman–Crippen LogP) is 4.25. The molecule has 1 aromatic carbocycles. The van der Waals surface area contributed by atoms with Gasteiger partial charge in [0.1, 0.15) is 0 Å². The second-order valence-corrected chi connectivity index (χ2v) is 6.02. The van der Waals surface area contributed by atoms with Crippen LogP contribution < -0.4 is 5.32 Å². The predicted molar refractivity (Wildman–Crippen MR) is 85.1 cm³/mol. The Morgan fingerprint density at radius 3 is 2.50 bits per heavy atom. The molecule has 112 valence electrons. The number of hydrogen-bond acceptors (Lipinski definition) is 2. The van der Waals surface area contributed by atoms with Crippen molar-refractivity contribution in [2.45, 2.75) is 64.6 Å². The average Bonchev–Trinajstić information content (AvgIpc) is 2.52. The van der Waals surface area contributed by atoms with E-state index >= 15 is 0 Å². The third-order valence-electron chi connectivity index (χ3n) is 4.29. The van der Waals surface area contributed by atoms with Crippen LogP contribution in [0.4, 0.5) is 0 Å². The van der Waals surface area contributed by atoms with Gasteiger partial charge in [-0.2, -0.15) is 0 Å². The molecule has 2 heteroatoms. The van der Waals surface area contributed by atoms with Crippen molar-refractivity contribution >= 4 is 0 Å². The fraction of sp³-hybridized carbons (Fsp3) is 0.667. The Hall–Kier alpha value is -0.860. The van der Waals surface area contributed by atoms with Crippen molar-refractivity contribution in [1.82, 2.24) is 5.32 Å². The Bertz CT molecular complexity index is 368. The molecular weight excluding hydrogens is 246 g/mol. The van der Waals surface area contributed by atoms with E-state index in [4.69, 9.17) is 4.74 Å². The van der Waals surface area contributed by atoms with Gasteiger partial charge in [0.2, 0.25) is 0 Å². The largest absolute Gasteiger partial charge is 0.374 e. The molecule has 1 aromatic rings. The van der Waals surface area contributed by atoms with Crippen molar-refractivity contribution in [3.8, 4) is 0 Å². The summed E-state index contributed by atoms with van der Waals surface area (Å²) in [7, 11) is 0. The Labute approximate surface area is 123 Å². The lowest BCUT2D eigenvalue weighted by Gasteiger charge is -2.22. The molecule has 2 nitrogen and oxygen atoms in total. The van der Waals surface area contributed by atoms with Crippen LogP contribution in [-0.2, 0) is 11.3 Å². The molecule has 1 saturated carbocycles. The van der Waals surface area contributed by atoms with Crippen LogP contribution in [0.25, 0.3) is 0 Å². The van der Waals surface area contributed by atoms with Crippen molar-refractivity contribution < 1.29 is 4.74 Å². The van der Waals surface area contributed by atoms with Gasteiger partial charge in [0.05, 0.1) is 12.7 Å². The zero-order valence-corrected chi connectivity index (χ0v) is 13.0. The molecule has 0 saturated heterocycles. The van der Waals surface area contributed by atoms with Gasteiger partial charge in [-0.05, 0) is 36.4 Å². The van der Waals surface area contributed by atoms with Gasteiger partial charge in [-0.15, -0.1) is 0 Å². The minimum Gasteiger partial charge on any atom is -0.374 e. The second-order valence-electron chi connectivity index (χ2n) is 6.02. The summed E-state index contributed by atoms with van der Waals surface area (Å²) < 4.78 is 6.02. The van der Waals surface area contributed by atoms with E-state index < -0.39 is 0 Å². The van der Waals surface area contributed by atoms with E-state index in [1.54, 1.807) is 0 Å². The molecule has 1 unspecified atom stereocenters. The summed E-state index contributed by atoms with van der Waals surface area (Å²) >= 11 is 0. The minimum absolute atomic E-state index is 0.496. The molecular formula is C18H29NO. The van der Waals surface area contributed by atoms with Crippen molar-refractivity contribution in [3.05, 3.63) is 35.4 Å². The van der Waals surface area contributed by atoms with E-state index in [1.165, 1.54) is 43.2 Å². The zero-order chi connectivity index (χ0) is 14.2. The van der Waals surface area contributed by atoms with Crippen LogP contribution in [-0.4, -0.2) is 19.2 Å². The number of ether oxygens (including phenoxy) is 1. The molecule has 0 amide bonds. The van der Waals surface area contributed by atoms with Crippen LogP contribution in [0.5, 0.6) is 0 Å². The topological polar surface area (TPSA) is 21.3 Å². The fourth-order valence-electron chi connectivity index (χ4n) is 2.87. The highest BCUT2D eigenvalue weighted by Gasteiger charge is 2.13. The number of nitrogens with one attached hydrogen (secondary N) is 1. The number of likely N-dealkylation sites (N-methyl/N-ethyl adjacent to an activating group) is 1. The van der Waals surface area contributed by atoms with E-state index in [9.17, 15) is 0 Å². The van der Waals surface area contributed by atoms with Crippen LogP contribution in [0.1, 0.15) is 63.0 Å². The molecule has 1 aliphatic rings. The molecule has 1 fully saturated rings. The molecule has 1 aliphatic carbocycles. The van der Waals surface area contributed by atoms with E-state index in [2.05, 4.69) is 43.4 Å². The van der Waals surface area contributed by atoms with Crippen molar-refractivity contribution in [1.29, 1.82) is 0 Å². The first-order chi connectivity index (χ1) is 9.79. The monoisotopic (exact) mass is 275 g/mol. The highest BCUT2D eigenvalue weighted by atomic mass is 16.5. The summed E-state index contributed by atoms with van der Waals surface area (Å²) in [6, 6.07) is 8.95. The highest BCUT2D eigenvalue weighted by Crippen LogP contribution is 2.22. The van der Waals surface area contributed by atoms with Crippen LogP contribution >= 0.6 is 0 Å². The normalized spacial score (nSPS) is 18.1. The van der Waals surface area contributed by atoms with Gasteiger partial charge in [-0.1, -0.05) is 57.4 Å². The maximum atomic E-state index is 6.02. The average molecular weight is 275 g/mol. The van der Waals surface area contributed by atoms with Gasteiger partial charge < -0.3 is 10.1 Å². The molecule has 0 aromatic heterocycles. The first kappa shape index (κ1) is 15.5. The van der Waals surface area contributed by atoms with Crippen molar-refractivity contribution in [2.75, 3.05) is 13.1 Å². The SMILES string of the molecule is CCNCC(C)c1ccc(COC2CCCCC2)cc1. The maximum absolute atomic E-state index is 6.02. The summed E-state index contributed by atoms with van der Waals surface area (Å²) in [5.41, 5.74) is 2.71. The fourth-order valence-corrected chi connectivity index (χ4v) is 2.87. The molecule has 0 radical (unpaired) electrons. The molecule has 0 bridgehead atoms. The number of benzene rings is 1. The van der Waals surface area contributed by atoms with Crippen LogP contribution in [0.2, 0.25) is 0 Å². The maximum Gasteiger partial charge on any atom is 0.0720 e. The van der Waals surface area contributed by atoms with E-state index in [-0.39, 0.29) is 0 Å². The summed E-state index contributed by atoms with van der Waals surface area (Å²) in [5, 5.41) is 3.40. The molecule has 1 N–H and O–H groups in total.